The Labute approximate surface area is 175 Å². The predicted octanol–water partition coefficient (Wildman–Crippen LogP) is 7.20. The Morgan fingerprint density at radius 1 is 0.741 bits per heavy atom. The number of benzene rings is 1. The van der Waals surface area contributed by atoms with Gasteiger partial charge in [0.1, 0.15) is 0 Å². The first-order valence-corrected chi connectivity index (χ1v) is 16.7. The van der Waals surface area contributed by atoms with E-state index in [1.54, 1.807) is 12.5 Å². The molecule has 0 heterocycles. The van der Waals surface area contributed by atoms with Crippen molar-refractivity contribution in [3.63, 3.8) is 0 Å². The Balaban J connectivity index is 0.00000153. The van der Waals surface area contributed by atoms with Crippen molar-refractivity contribution >= 4 is 29.3 Å². The van der Waals surface area contributed by atoms with E-state index in [0.29, 0.717) is 0 Å². The van der Waals surface area contributed by atoms with Gasteiger partial charge in [-0.25, -0.2) is 0 Å². The third-order valence-electron chi connectivity index (χ3n) is 4.85. The normalized spacial score (nSPS) is 10.5. The molecule has 1 N–H and O–H groups in total. The van der Waals surface area contributed by atoms with Gasteiger partial charge in [-0.3, -0.25) is 4.79 Å². The Morgan fingerprint density at radius 3 is 1.52 bits per heavy atom. The molecular formula is C24H43O2Sn. The van der Waals surface area contributed by atoms with Crippen LogP contribution in [0.15, 0.2) is 30.3 Å². The van der Waals surface area contributed by atoms with Gasteiger partial charge in [-0.15, -0.1) is 0 Å². The summed E-state index contributed by atoms with van der Waals surface area (Å²) < 4.78 is 4.96. The number of carboxylic acid groups (broad SMARTS) is 1. The molecule has 0 atom stereocenters. The molecule has 0 bridgehead atoms. The molecule has 27 heavy (non-hydrogen) atoms. The molecule has 155 valence electrons. The minimum absolute atomic E-state index is 0.833. The van der Waals surface area contributed by atoms with Crippen LogP contribution >= 0.6 is 0 Å². The predicted molar refractivity (Wildman–Crippen MR) is 122 cm³/mol. The van der Waals surface area contributed by atoms with Crippen molar-refractivity contribution in [1.29, 1.82) is 0 Å². The van der Waals surface area contributed by atoms with Crippen molar-refractivity contribution in [1.82, 2.24) is 0 Å². The van der Waals surface area contributed by atoms with E-state index in [-0.39, 0.29) is 0 Å². The SMILES string of the molecule is CC(=O)O.CCCCCCC[CH2][Sn]([CH2]CCCCCCC)[c]1ccccc1. The van der Waals surface area contributed by atoms with Crippen molar-refractivity contribution in [3.05, 3.63) is 30.3 Å². The monoisotopic (exact) mass is 483 g/mol. The molecule has 0 aliphatic carbocycles. The van der Waals surface area contributed by atoms with Gasteiger partial charge in [-0.05, 0) is 0 Å². The van der Waals surface area contributed by atoms with Gasteiger partial charge in [0.2, 0.25) is 0 Å². The summed E-state index contributed by atoms with van der Waals surface area (Å²) in [5.41, 5.74) is 0. The number of carbonyl (C=O) groups is 1. The summed E-state index contributed by atoms with van der Waals surface area (Å²) in [6, 6.07) is 11.6. The molecule has 0 unspecified atom stereocenters. The number of unbranched alkanes of at least 4 members (excludes halogenated alkanes) is 10. The maximum absolute atomic E-state index is 9.00. The van der Waals surface area contributed by atoms with Gasteiger partial charge in [-0.2, -0.15) is 0 Å². The second-order valence-electron chi connectivity index (χ2n) is 7.52. The van der Waals surface area contributed by atoms with Crippen LogP contribution in [0.5, 0.6) is 0 Å². The van der Waals surface area contributed by atoms with Crippen molar-refractivity contribution in [3.8, 4) is 0 Å². The van der Waals surface area contributed by atoms with Crippen LogP contribution in [-0.2, 0) is 4.79 Å². The molecule has 0 saturated heterocycles. The fourth-order valence-corrected chi connectivity index (χ4v) is 11.4. The third kappa shape index (κ3) is 18.6. The molecule has 1 aromatic carbocycles. The van der Waals surface area contributed by atoms with E-state index in [2.05, 4.69) is 44.2 Å². The summed E-state index contributed by atoms with van der Waals surface area (Å²) >= 11 is -1.34. The first-order valence-electron chi connectivity index (χ1n) is 11.2. The molecule has 2 nitrogen and oxygen atoms in total. The summed E-state index contributed by atoms with van der Waals surface area (Å²) in [5.74, 6) is -0.833. The minimum atomic E-state index is -1.34. The summed E-state index contributed by atoms with van der Waals surface area (Å²) in [7, 11) is 0. The summed E-state index contributed by atoms with van der Waals surface area (Å²) in [6.07, 6.45) is 17.4. The van der Waals surface area contributed by atoms with Gasteiger partial charge in [0, 0.05) is 6.92 Å². The average molecular weight is 482 g/mol. The quantitative estimate of drug-likeness (QED) is 0.212. The second-order valence-corrected chi connectivity index (χ2v) is 15.5. The molecule has 3 heteroatoms. The Kier molecular flexibility index (Phi) is 19.8. The van der Waals surface area contributed by atoms with Gasteiger partial charge < -0.3 is 5.11 Å². The van der Waals surface area contributed by atoms with Crippen LogP contribution in [0, 0.1) is 0 Å². The van der Waals surface area contributed by atoms with E-state index in [1.807, 2.05) is 0 Å². The van der Waals surface area contributed by atoms with Crippen molar-refractivity contribution < 1.29 is 9.90 Å². The van der Waals surface area contributed by atoms with Crippen molar-refractivity contribution in [2.75, 3.05) is 0 Å². The molecule has 1 rings (SSSR count). The van der Waals surface area contributed by atoms with Gasteiger partial charge in [0.05, 0.1) is 0 Å². The molecule has 0 amide bonds. The van der Waals surface area contributed by atoms with Crippen LogP contribution in [0.1, 0.15) is 97.8 Å². The van der Waals surface area contributed by atoms with Gasteiger partial charge in [-0.1, -0.05) is 0 Å². The van der Waals surface area contributed by atoms with Gasteiger partial charge >= 0.3 is 153 Å². The molecule has 1 radical (unpaired) electrons. The van der Waals surface area contributed by atoms with E-state index in [4.69, 9.17) is 9.90 Å². The topological polar surface area (TPSA) is 37.3 Å². The number of hydrogen-bond acceptors (Lipinski definition) is 1. The second kappa shape index (κ2) is 20.2. The van der Waals surface area contributed by atoms with E-state index < -0.39 is 25.7 Å². The molecule has 1 aromatic rings. The van der Waals surface area contributed by atoms with Crippen LogP contribution < -0.4 is 3.58 Å². The fourth-order valence-electron chi connectivity index (χ4n) is 3.32. The van der Waals surface area contributed by atoms with Crippen LogP contribution in [0.3, 0.4) is 0 Å². The number of carboxylic acids is 1. The van der Waals surface area contributed by atoms with Crippen molar-refractivity contribution in [2.24, 2.45) is 0 Å². The van der Waals surface area contributed by atoms with Gasteiger partial charge in [0.25, 0.3) is 5.97 Å². The van der Waals surface area contributed by atoms with E-state index in [9.17, 15) is 0 Å². The standard InChI is InChI=1S/2C8H17.C6H5.C2H4O2.Sn/c2*1-3-5-7-8-6-4-2;1-2-4-6-5-3-1;1-2(3)4;/h2*1,3-8H2,2H3;1-5H;1H3,(H,3,4);. The van der Waals surface area contributed by atoms with E-state index in [0.717, 1.165) is 6.92 Å². The van der Waals surface area contributed by atoms with E-state index >= 15 is 0 Å². The Morgan fingerprint density at radius 2 is 1.11 bits per heavy atom. The summed E-state index contributed by atoms with van der Waals surface area (Å²) in [6.45, 7) is 5.70. The number of rotatable bonds is 15. The summed E-state index contributed by atoms with van der Waals surface area (Å²) in [4.78, 5) is 9.00. The molecule has 0 aliphatic heterocycles. The zero-order valence-corrected chi connectivity index (χ0v) is 21.0. The van der Waals surface area contributed by atoms with Crippen LogP contribution in [-0.4, -0.2) is 30.8 Å². The molecule has 0 saturated carbocycles. The molecule has 0 aromatic heterocycles. The number of hydrogen-bond donors (Lipinski definition) is 1. The van der Waals surface area contributed by atoms with Crippen LogP contribution in [0.25, 0.3) is 0 Å². The third-order valence-corrected chi connectivity index (χ3v) is 13.6. The average Bonchev–Trinajstić information content (AvgIpc) is 2.66. The van der Waals surface area contributed by atoms with Gasteiger partial charge in [0.15, 0.2) is 0 Å². The first-order chi connectivity index (χ1) is 13.1. The zero-order chi connectivity index (χ0) is 20.2. The molecule has 0 spiro atoms. The first kappa shape index (κ1) is 26.5. The molecule has 0 fully saturated rings. The Hall–Kier alpha value is -0.511. The van der Waals surface area contributed by atoms with Crippen LogP contribution in [0.4, 0.5) is 0 Å². The zero-order valence-electron chi connectivity index (χ0n) is 18.1. The summed E-state index contributed by atoms with van der Waals surface area (Å²) in [5, 5.41) is 7.42. The molecular weight excluding hydrogens is 439 g/mol. The fraction of sp³-hybridized carbons (Fsp3) is 0.708. The Bertz CT molecular complexity index is 413. The van der Waals surface area contributed by atoms with E-state index in [1.165, 1.54) is 77.0 Å². The maximum atomic E-state index is 9.00. The molecule has 0 aliphatic rings. The van der Waals surface area contributed by atoms with Crippen molar-refractivity contribution in [2.45, 2.75) is 107 Å². The number of aliphatic carboxylic acids is 1. The van der Waals surface area contributed by atoms with Crippen LogP contribution in [0.2, 0.25) is 8.87 Å².